The van der Waals surface area contributed by atoms with E-state index in [1.807, 2.05) is 0 Å². The molecule has 196 valence electrons. The van der Waals surface area contributed by atoms with Gasteiger partial charge in [-0.1, -0.05) is 47.1 Å². The Balaban J connectivity index is 1.59. The zero-order valence-electron chi connectivity index (χ0n) is 23.5. The second-order valence-electron chi connectivity index (χ2n) is 14.8. The first kappa shape index (κ1) is 25.5. The van der Waals surface area contributed by atoms with Crippen LogP contribution in [0.5, 0.6) is 0 Å². The van der Waals surface area contributed by atoms with Gasteiger partial charge >= 0.3 is 5.97 Å². The van der Waals surface area contributed by atoms with Gasteiger partial charge in [0.25, 0.3) is 0 Å². The van der Waals surface area contributed by atoms with Crippen molar-refractivity contribution in [1.29, 1.82) is 0 Å². The summed E-state index contributed by atoms with van der Waals surface area (Å²) in [6.45, 7) is 18.2. The van der Waals surface area contributed by atoms with Crippen molar-refractivity contribution in [1.82, 2.24) is 0 Å². The molecular formula is C31H49NO3. The number of ketones is 1. The van der Waals surface area contributed by atoms with Crippen molar-refractivity contribution in [3.05, 3.63) is 11.6 Å². The molecule has 2 N–H and O–H groups in total. The van der Waals surface area contributed by atoms with Crippen LogP contribution in [-0.4, -0.2) is 23.4 Å². The van der Waals surface area contributed by atoms with E-state index in [1.54, 1.807) is 0 Å². The lowest BCUT2D eigenvalue weighted by atomic mass is 9.33. The number of hydrogen-bond donors (Lipinski definition) is 1. The topological polar surface area (TPSA) is 69.4 Å². The molecule has 0 aliphatic heterocycles. The van der Waals surface area contributed by atoms with Gasteiger partial charge in [0.2, 0.25) is 0 Å². The number of allylic oxidation sites excluding steroid dienone is 2. The lowest BCUT2D eigenvalue weighted by Crippen LogP contribution is -2.71. The molecule has 0 bridgehead atoms. The van der Waals surface area contributed by atoms with Crippen LogP contribution in [-0.2, 0) is 14.3 Å². The van der Waals surface area contributed by atoms with Gasteiger partial charge in [0.05, 0.1) is 5.54 Å². The summed E-state index contributed by atoms with van der Waals surface area (Å²) in [6.07, 6.45) is 10.6. The van der Waals surface area contributed by atoms with Gasteiger partial charge in [0.1, 0.15) is 6.10 Å². The fraction of sp³-hybridized carbons (Fsp3) is 0.871. The molecule has 4 saturated carbocycles. The lowest BCUT2D eigenvalue weighted by molar-refractivity contribution is -0.196. The van der Waals surface area contributed by atoms with Gasteiger partial charge in [-0.05, 0) is 110 Å². The quantitative estimate of drug-likeness (QED) is 0.434. The van der Waals surface area contributed by atoms with E-state index in [-0.39, 0.29) is 40.2 Å². The average Bonchev–Trinajstić information content (AvgIpc) is 2.74. The van der Waals surface area contributed by atoms with Gasteiger partial charge in [0, 0.05) is 12.8 Å². The number of nitrogens with two attached hydrogens (primary N) is 1. The van der Waals surface area contributed by atoms with Crippen LogP contribution in [0, 0.1) is 51.2 Å². The van der Waals surface area contributed by atoms with Gasteiger partial charge in [0.15, 0.2) is 5.78 Å². The predicted molar refractivity (Wildman–Crippen MR) is 139 cm³/mol. The fourth-order valence-electron chi connectivity index (χ4n) is 10.8. The summed E-state index contributed by atoms with van der Waals surface area (Å²) in [4.78, 5) is 26.1. The summed E-state index contributed by atoms with van der Waals surface area (Å²) in [5.74, 6) is 2.07. The first-order valence-corrected chi connectivity index (χ1v) is 14.3. The molecule has 0 amide bonds. The molecule has 35 heavy (non-hydrogen) atoms. The normalized spacial score (nSPS) is 55.6. The highest BCUT2D eigenvalue weighted by atomic mass is 16.5. The third kappa shape index (κ3) is 3.20. The minimum absolute atomic E-state index is 0.0238. The summed E-state index contributed by atoms with van der Waals surface area (Å²) >= 11 is 0. The SMILES string of the molecule is CC(=O)OC1CC[C@@]2(C)C(CC[C@]3(C)C2C(=O)C=C2C4[C@@H](C)[C@H](C)CC[C@]4(C)CC[C@]23C)[C@@]1(C)N. The minimum Gasteiger partial charge on any atom is -0.461 e. The molecule has 0 heterocycles. The average molecular weight is 484 g/mol. The van der Waals surface area contributed by atoms with Crippen LogP contribution in [0.15, 0.2) is 11.6 Å². The Labute approximate surface area is 213 Å². The van der Waals surface area contributed by atoms with E-state index in [4.69, 9.17) is 10.5 Å². The molecule has 5 rings (SSSR count). The highest BCUT2D eigenvalue weighted by molar-refractivity contribution is 5.95. The van der Waals surface area contributed by atoms with Crippen molar-refractivity contribution in [2.45, 2.75) is 118 Å². The van der Waals surface area contributed by atoms with Crippen LogP contribution in [0.2, 0.25) is 0 Å². The van der Waals surface area contributed by atoms with E-state index < -0.39 is 5.54 Å². The largest absolute Gasteiger partial charge is 0.461 e. The molecule has 4 unspecified atom stereocenters. The minimum atomic E-state index is -0.621. The zero-order valence-corrected chi connectivity index (χ0v) is 23.5. The molecule has 4 fully saturated rings. The molecule has 5 aliphatic carbocycles. The standard InChI is InChI=1S/C31H49NO3/c1-18-9-12-27(4)15-16-29(6)21(25(27)19(18)2)17-22(34)26-28(5)13-11-24(35-20(3)33)31(8,32)23(28)10-14-30(26,29)7/h17-19,23-26H,9-16,32H2,1-8H3/t18-,19+,23?,24?,25?,26?,27-,28+,29-,30-,31-/m1/s1. The Morgan fingerprint density at radius 3 is 2.31 bits per heavy atom. The number of esters is 1. The van der Waals surface area contributed by atoms with Crippen molar-refractivity contribution in [2.75, 3.05) is 0 Å². The third-order valence-corrected chi connectivity index (χ3v) is 13.1. The Kier molecular flexibility index (Phi) is 5.59. The summed E-state index contributed by atoms with van der Waals surface area (Å²) in [5, 5.41) is 0. The number of rotatable bonds is 1. The Hall–Kier alpha value is -1.16. The lowest BCUT2D eigenvalue weighted by Gasteiger charge is -2.70. The van der Waals surface area contributed by atoms with Crippen LogP contribution >= 0.6 is 0 Å². The van der Waals surface area contributed by atoms with E-state index in [0.717, 1.165) is 25.7 Å². The monoisotopic (exact) mass is 483 g/mol. The van der Waals surface area contributed by atoms with Crippen molar-refractivity contribution in [3.63, 3.8) is 0 Å². The Morgan fingerprint density at radius 1 is 0.971 bits per heavy atom. The van der Waals surface area contributed by atoms with E-state index in [2.05, 4.69) is 54.5 Å². The van der Waals surface area contributed by atoms with E-state index in [1.165, 1.54) is 38.2 Å². The van der Waals surface area contributed by atoms with Gasteiger partial charge in [-0.25, -0.2) is 0 Å². The predicted octanol–water partition coefficient (Wildman–Crippen LogP) is 6.47. The van der Waals surface area contributed by atoms with Gasteiger partial charge in [-0.2, -0.15) is 0 Å². The van der Waals surface area contributed by atoms with E-state index in [0.29, 0.717) is 29.0 Å². The van der Waals surface area contributed by atoms with Crippen LogP contribution in [0.25, 0.3) is 0 Å². The summed E-state index contributed by atoms with van der Waals surface area (Å²) in [7, 11) is 0. The maximum Gasteiger partial charge on any atom is 0.302 e. The van der Waals surface area contributed by atoms with Crippen LogP contribution in [0.3, 0.4) is 0 Å². The van der Waals surface area contributed by atoms with Crippen molar-refractivity contribution < 1.29 is 14.3 Å². The Bertz CT molecular complexity index is 968. The van der Waals surface area contributed by atoms with E-state index in [9.17, 15) is 9.59 Å². The number of fused-ring (bicyclic) bond motifs is 7. The zero-order chi connectivity index (χ0) is 25.8. The van der Waals surface area contributed by atoms with Gasteiger partial charge in [-0.15, -0.1) is 0 Å². The summed E-state index contributed by atoms with van der Waals surface area (Å²) < 4.78 is 5.73. The number of carbonyl (C=O) groups excluding carboxylic acids is 2. The number of hydrogen-bond acceptors (Lipinski definition) is 4. The summed E-state index contributed by atoms with van der Waals surface area (Å²) in [6, 6.07) is 0. The van der Waals surface area contributed by atoms with Crippen molar-refractivity contribution >= 4 is 11.8 Å². The fourth-order valence-corrected chi connectivity index (χ4v) is 10.8. The molecule has 0 aromatic rings. The van der Waals surface area contributed by atoms with Gasteiger partial charge in [-0.3, -0.25) is 9.59 Å². The molecule has 0 spiro atoms. The third-order valence-electron chi connectivity index (χ3n) is 13.1. The smallest absolute Gasteiger partial charge is 0.302 e. The highest BCUT2D eigenvalue weighted by Gasteiger charge is 2.70. The second kappa shape index (κ2) is 7.68. The molecule has 11 atom stereocenters. The molecule has 0 saturated heterocycles. The molecule has 4 nitrogen and oxygen atoms in total. The van der Waals surface area contributed by atoms with Crippen molar-refractivity contribution in [2.24, 2.45) is 57.0 Å². The summed E-state index contributed by atoms with van der Waals surface area (Å²) in [5.41, 5.74) is 8.01. The second-order valence-corrected chi connectivity index (χ2v) is 14.8. The molecule has 4 heteroatoms. The van der Waals surface area contributed by atoms with Crippen LogP contribution in [0.4, 0.5) is 0 Å². The van der Waals surface area contributed by atoms with Gasteiger partial charge < -0.3 is 10.5 Å². The molecule has 0 aromatic heterocycles. The van der Waals surface area contributed by atoms with Crippen LogP contribution in [0.1, 0.15) is 107 Å². The molecule has 0 radical (unpaired) electrons. The first-order chi connectivity index (χ1) is 16.1. The molecule has 0 aromatic carbocycles. The molecular weight excluding hydrogens is 434 g/mol. The maximum absolute atomic E-state index is 14.3. The highest BCUT2D eigenvalue weighted by Crippen LogP contribution is 2.74. The van der Waals surface area contributed by atoms with Crippen LogP contribution < -0.4 is 5.73 Å². The Morgan fingerprint density at radius 2 is 1.66 bits per heavy atom. The van der Waals surface area contributed by atoms with E-state index >= 15 is 0 Å². The number of carbonyl (C=O) groups is 2. The van der Waals surface area contributed by atoms with Crippen molar-refractivity contribution in [3.8, 4) is 0 Å². The maximum atomic E-state index is 14.3. The number of ether oxygens (including phenoxy) is 1. The molecule has 5 aliphatic rings. The first-order valence-electron chi connectivity index (χ1n) is 14.3.